The van der Waals surface area contributed by atoms with Crippen molar-refractivity contribution in [2.75, 3.05) is 5.75 Å². The molecule has 0 saturated heterocycles. The van der Waals surface area contributed by atoms with Crippen molar-refractivity contribution in [1.29, 1.82) is 5.26 Å². The number of hydrogen-bond donors (Lipinski definition) is 2. The van der Waals surface area contributed by atoms with Crippen LogP contribution in [0.1, 0.15) is 11.4 Å². The number of hydrogen-bond acceptors (Lipinski definition) is 5. The molecule has 6 nitrogen and oxygen atoms in total. The first kappa shape index (κ1) is 10.8. The second kappa shape index (κ2) is 4.16. The Morgan fingerprint density at radius 1 is 1.44 bits per heavy atom. The molecule has 1 aromatic heterocycles. The normalized spacial score (nSPS) is 15.1. The number of aromatic nitrogens is 2. The van der Waals surface area contributed by atoms with Gasteiger partial charge in [0.05, 0.1) is 28.4 Å². The van der Waals surface area contributed by atoms with Gasteiger partial charge >= 0.3 is 0 Å². The lowest BCUT2D eigenvalue weighted by Crippen LogP contribution is -2.24. The Hall–Kier alpha value is -2.33. The summed E-state index contributed by atoms with van der Waals surface area (Å²) < 4.78 is 0. The molecule has 1 aromatic carbocycles. The molecule has 1 aliphatic heterocycles. The van der Waals surface area contributed by atoms with Crippen LogP contribution in [-0.2, 0) is 0 Å². The minimum absolute atomic E-state index is 0.165. The number of imidazole rings is 1. The van der Waals surface area contributed by atoms with Gasteiger partial charge in [-0.3, -0.25) is 4.79 Å². The van der Waals surface area contributed by atoms with Crippen LogP contribution in [0.25, 0.3) is 11.0 Å². The Bertz CT molecular complexity index is 712. The zero-order valence-corrected chi connectivity index (χ0v) is 9.91. The molecular weight excluding hydrogens is 250 g/mol. The SMILES string of the molecule is N#Cc1ccc2nc(C3=NNC(=O)SC3)[nH]c2c1. The summed E-state index contributed by atoms with van der Waals surface area (Å²) in [5.74, 6) is 1.10. The minimum atomic E-state index is -0.165. The van der Waals surface area contributed by atoms with Crippen molar-refractivity contribution in [3.05, 3.63) is 29.6 Å². The van der Waals surface area contributed by atoms with Gasteiger partial charge in [-0.1, -0.05) is 11.8 Å². The first-order valence-electron chi connectivity index (χ1n) is 5.16. The molecule has 88 valence electrons. The minimum Gasteiger partial charge on any atom is -0.337 e. The summed E-state index contributed by atoms with van der Waals surface area (Å²) in [5.41, 5.74) is 5.22. The zero-order valence-electron chi connectivity index (χ0n) is 9.10. The number of nitrogens with zero attached hydrogens (tertiary/aromatic N) is 3. The third-order valence-corrected chi connectivity index (χ3v) is 3.28. The fraction of sp³-hybridized carbons (Fsp3) is 0.0909. The molecule has 1 amide bonds. The first-order chi connectivity index (χ1) is 8.76. The number of nitrogens with one attached hydrogen (secondary N) is 2. The molecule has 1 aliphatic rings. The van der Waals surface area contributed by atoms with Crippen LogP contribution in [0.5, 0.6) is 0 Å². The van der Waals surface area contributed by atoms with Crippen molar-refractivity contribution in [3.63, 3.8) is 0 Å². The fourth-order valence-corrected chi connectivity index (χ4v) is 2.23. The first-order valence-corrected chi connectivity index (χ1v) is 6.14. The van der Waals surface area contributed by atoms with Gasteiger partial charge in [0, 0.05) is 0 Å². The summed E-state index contributed by atoms with van der Waals surface area (Å²) in [5, 5.41) is 12.6. The van der Waals surface area contributed by atoms with Crippen molar-refractivity contribution < 1.29 is 4.79 Å². The fourth-order valence-electron chi connectivity index (χ4n) is 1.65. The van der Waals surface area contributed by atoms with Gasteiger partial charge in [0.1, 0.15) is 5.71 Å². The monoisotopic (exact) mass is 257 g/mol. The number of carbonyl (C=O) groups excluding carboxylic acids is 1. The summed E-state index contributed by atoms with van der Waals surface area (Å²) in [6, 6.07) is 7.31. The van der Waals surface area contributed by atoms with Crippen LogP contribution in [-0.4, -0.2) is 26.7 Å². The highest BCUT2D eigenvalue weighted by atomic mass is 32.2. The maximum absolute atomic E-state index is 11.0. The highest BCUT2D eigenvalue weighted by Crippen LogP contribution is 2.16. The zero-order chi connectivity index (χ0) is 12.5. The van der Waals surface area contributed by atoms with Gasteiger partial charge in [-0.05, 0) is 18.2 Å². The molecule has 0 aliphatic carbocycles. The van der Waals surface area contributed by atoms with Gasteiger partial charge in [-0.2, -0.15) is 10.4 Å². The van der Waals surface area contributed by atoms with Gasteiger partial charge in [0.15, 0.2) is 5.82 Å². The third kappa shape index (κ3) is 1.83. The number of rotatable bonds is 1. The quantitative estimate of drug-likeness (QED) is 0.811. The lowest BCUT2D eigenvalue weighted by Gasteiger charge is -2.08. The number of fused-ring (bicyclic) bond motifs is 1. The molecule has 0 atom stereocenters. The van der Waals surface area contributed by atoms with E-state index in [1.807, 2.05) is 0 Å². The smallest absolute Gasteiger partial charge is 0.299 e. The van der Waals surface area contributed by atoms with Crippen LogP contribution in [0.3, 0.4) is 0 Å². The van der Waals surface area contributed by atoms with E-state index in [1.54, 1.807) is 18.2 Å². The molecule has 0 fully saturated rings. The Morgan fingerprint density at radius 2 is 2.33 bits per heavy atom. The lowest BCUT2D eigenvalue weighted by molar-refractivity contribution is 0.261. The van der Waals surface area contributed by atoms with E-state index < -0.39 is 0 Å². The molecule has 3 rings (SSSR count). The lowest BCUT2D eigenvalue weighted by atomic mass is 10.2. The van der Waals surface area contributed by atoms with Crippen molar-refractivity contribution >= 4 is 33.7 Å². The van der Waals surface area contributed by atoms with Crippen molar-refractivity contribution in [2.45, 2.75) is 0 Å². The number of carbonyl (C=O) groups is 1. The van der Waals surface area contributed by atoms with Crippen LogP contribution in [0.4, 0.5) is 4.79 Å². The number of benzene rings is 1. The van der Waals surface area contributed by atoms with Gasteiger partial charge in [-0.15, -0.1) is 0 Å². The van der Waals surface area contributed by atoms with E-state index in [2.05, 4.69) is 26.6 Å². The molecule has 18 heavy (non-hydrogen) atoms. The van der Waals surface area contributed by atoms with E-state index in [0.717, 1.165) is 22.8 Å². The van der Waals surface area contributed by atoms with Crippen molar-refractivity contribution in [1.82, 2.24) is 15.4 Å². The number of hydrazone groups is 1. The number of H-pyrrole nitrogens is 1. The summed E-state index contributed by atoms with van der Waals surface area (Å²) >= 11 is 1.15. The second-order valence-electron chi connectivity index (χ2n) is 3.68. The summed E-state index contributed by atoms with van der Waals surface area (Å²) in [6.45, 7) is 0. The van der Waals surface area contributed by atoms with Gasteiger partial charge in [0.25, 0.3) is 5.24 Å². The number of amides is 1. The third-order valence-electron chi connectivity index (χ3n) is 2.51. The van der Waals surface area contributed by atoms with E-state index in [0.29, 0.717) is 22.9 Å². The molecule has 0 radical (unpaired) electrons. The Morgan fingerprint density at radius 3 is 3.06 bits per heavy atom. The highest BCUT2D eigenvalue weighted by molar-refractivity contribution is 8.14. The van der Waals surface area contributed by atoms with E-state index >= 15 is 0 Å². The van der Waals surface area contributed by atoms with Crippen LogP contribution in [0.15, 0.2) is 23.3 Å². The predicted molar refractivity (Wildman–Crippen MR) is 68.3 cm³/mol. The standard InChI is InChI=1S/C11H7N5OS/c12-4-6-1-2-7-8(3-6)14-10(13-7)9-5-18-11(17)16-15-9/h1-3H,5H2,(H,13,14)(H,16,17). The van der Waals surface area contributed by atoms with E-state index in [1.165, 1.54) is 0 Å². The maximum Gasteiger partial charge on any atom is 0.299 e. The molecule has 7 heteroatoms. The van der Waals surface area contributed by atoms with Gasteiger partial charge in [0.2, 0.25) is 0 Å². The molecular formula is C11H7N5OS. The number of thioether (sulfide) groups is 1. The maximum atomic E-state index is 11.0. The highest BCUT2D eigenvalue weighted by Gasteiger charge is 2.16. The largest absolute Gasteiger partial charge is 0.337 e. The Kier molecular flexibility index (Phi) is 2.50. The molecule has 0 bridgehead atoms. The van der Waals surface area contributed by atoms with Crippen molar-refractivity contribution in [2.24, 2.45) is 5.10 Å². The topological polar surface area (TPSA) is 93.9 Å². The van der Waals surface area contributed by atoms with Crippen molar-refractivity contribution in [3.8, 4) is 6.07 Å². The predicted octanol–water partition coefficient (Wildman–Crippen LogP) is 1.60. The van der Waals surface area contributed by atoms with Crippen LogP contribution < -0.4 is 5.43 Å². The van der Waals surface area contributed by atoms with E-state index in [-0.39, 0.29) is 5.24 Å². The van der Waals surface area contributed by atoms with Gasteiger partial charge in [-0.25, -0.2) is 10.4 Å². The molecule has 0 saturated carbocycles. The Labute approximate surface area is 106 Å². The summed E-state index contributed by atoms with van der Waals surface area (Å²) in [6.07, 6.45) is 0. The van der Waals surface area contributed by atoms with E-state index in [4.69, 9.17) is 5.26 Å². The molecule has 0 unspecified atom stereocenters. The van der Waals surface area contributed by atoms with Crippen LogP contribution in [0, 0.1) is 11.3 Å². The van der Waals surface area contributed by atoms with E-state index in [9.17, 15) is 4.79 Å². The number of aromatic amines is 1. The average Bonchev–Trinajstić information content (AvgIpc) is 2.82. The number of nitriles is 1. The summed E-state index contributed by atoms with van der Waals surface area (Å²) in [7, 11) is 0. The molecule has 2 aromatic rings. The molecule has 2 N–H and O–H groups in total. The molecule has 0 spiro atoms. The second-order valence-corrected chi connectivity index (χ2v) is 4.62. The Balaban J connectivity index is 2.04. The van der Waals surface area contributed by atoms with Gasteiger partial charge < -0.3 is 4.98 Å². The van der Waals surface area contributed by atoms with Crippen LogP contribution in [0.2, 0.25) is 0 Å². The molecule has 2 heterocycles. The average molecular weight is 257 g/mol. The van der Waals surface area contributed by atoms with Crippen LogP contribution >= 0.6 is 11.8 Å². The summed E-state index contributed by atoms with van der Waals surface area (Å²) in [4.78, 5) is 18.4.